The molecule has 0 atom stereocenters. The van der Waals surface area contributed by atoms with E-state index in [0.717, 1.165) is 11.3 Å². The first-order valence-corrected chi connectivity index (χ1v) is 3.95. The second-order valence-electron chi connectivity index (χ2n) is 2.37. The lowest BCUT2D eigenvalue weighted by Gasteiger charge is -2.02. The van der Waals surface area contributed by atoms with Crippen molar-refractivity contribution in [3.05, 3.63) is 22.5 Å². The maximum absolute atomic E-state index is 5.83. The number of anilines is 1. The molecule has 1 rings (SSSR count). The molecule has 0 aromatic carbocycles. The average molecular weight is 184 g/mol. The highest BCUT2D eigenvalue weighted by molar-refractivity contribution is 6.31. The van der Waals surface area contributed by atoms with Gasteiger partial charge in [0.05, 0.1) is 5.69 Å². The Kier molecular flexibility index (Phi) is 2.65. The summed E-state index contributed by atoms with van der Waals surface area (Å²) in [5.41, 5.74) is 7.02. The molecule has 0 saturated heterocycles. The molecule has 4 heteroatoms. The lowest BCUT2D eigenvalue weighted by molar-refractivity contribution is 1.11. The molecule has 1 heterocycles. The summed E-state index contributed by atoms with van der Waals surface area (Å²) in [6, 6.07) is 0. The van der Waals surface area contributed by atoms with Crippen LogP contribution in [0.4, 0.5) is 5.95 Å². The fourth-order valence-corrected chi connectivity index (χ4v) is 1.21. The largest absolute Gasteiger partial charge is 0.368 e. The molecule has 1 aromatic rings. The van der Waals surface area contributed by atoms with Crippen LogP contribution in [0.2, 0.25) is 5.15 Å². The molecule has 12 heavy (non-hydrogen) atoms. The number of halogens is 1. The van der Waals surface area contributed by atoms with Gasteiger partial charge in [-0.15, -0.1) is 0 Å². The maximum atomic E-state index is 5.83. The number of rotatable bonds is 1. The fourth-order valence-electron chi connectivity index (χ4n) is 0.923. The van der Waals surface area contributed by atoms with E-state index in [9.17, 15) is 0 Å². The minimum atomic E-state index is 0.214. The summed E-state index contributed by atoms with van der Waals surface area (Å²) in [5, 5.41) is 0.401. The molecular weight excluding hydrogens is 174 g/mol. The smallest absolute Gasteiger partial charge is 0.221 e. The van der Waals surface area contributed by atoms with Gasteiger partial charge in [-0.2, -0.15) is 0 Å². The van der Waals surface area contributed by atoms with Gasteiger partial charge in [-0.25, -0.2) is 9.97 Å². The molecule has 3 nitrogen and oxygen atoms in total. The van der Waals surface area contributed by atoms with E-state index >= 15 is 0 Å². The van der Waals surface area contributed by atoms with Gasteiger partial charge in [-0.3, -0.25) is 0 Å². The Bertz CT molecular complexity index is 297. The molecule has 0 spiro atoms. The van der Waals surface area contributed by atoms with Crippen molar-refractivity contribution < 1.29 is 0 Å². The van der Waals surface area contributed by atoms with E-state index in [0.29, 0.717) is 5.15 Å². The Morgan fingerprint density at radius 3 is 2.58 bits per heavy atom. The zero-order chi connectivity index (χ0) is 9.14. The lowest BCUT2D eigenvalue weighted by Crippen LogP contribution is -1.99. The van der Waals surface area contributed by atoms with Crippen molar-refractivity contribution in [1.29, 1.82) is 0 Å². The van der Waals surface area contributed by atoms with Crippen molar-refractivity contribution >= 4 is 23.6 Å². The van der Waals surface area contributed by atoms with Crippen LogP contribution < -0.4 is 5.73 Å². The average Bonchev–Trinajstić information content (AvgIpc) is 1.96. The first kappa shape index (κ1) is 9.00. The Morgan fingerprint density at radius 2 is 2.08 bits per heavy atom. The molecule has 0 saturated carbocycles. The maximum Gasteiger partial charge on any atom is 0.221 e. The number of allylic oxidation sites excluding steroid dienone is 1. The minimum absolute atomic E-state index is 0.214. The van der Waals surface area contributed by atoms with E-state index < -0.39 is 0 Å². The van der Waals surface area contributed by atoms with Crippen LogP contribution in [-0.4, -0.2) is 9.97 Å². The first-order valence-electron chi connectivity index (χ1n) is 3.57. The minimum Gasteiger partial charge on any atom is -0.368 e. The standard InChI is InChI=1S/C8H10ClN3/c1-3-4-6-5(2)11-8(10)12-7(6)9/h3-4H,1-2H3,(H2,10,11,12)/b4-3+. The van der Waals surface area contributed by atoms with Crippen molar-refractivity contribution in [2.45, 2.75) is 13.8 Å². The Morgan fingerprint density at radius 1 is 1.42 bits per heavy atom. The number of aryl methyl sites for hydroxylation is 1. The van der Waals surface area contributed by atoms with E-state index in [2.05, 4.69) is 9.97 Å². The second kappa shape index (κ2) is 3.54. The zero-order valence-corrected chi connectivity index (χ0v) is 7.76. The third-order valence-corrected chi connectivity index (χ3v) is 1.73. The van der Waals surface area contributed by atoms with Gasteiger partial charge in [0.1, 0.15) is 5.15 Å². The number of nitrogens with two attached hydrogens (primary N) is 1. The number of hydrogen-bond donors (Lipinski definition) is 1. The summed E-state index contributed by atoms with van der Waals surface area (Å²) in [6.07, 6.45) is 3.74. The van der Waals surface area contributed by atoms with Crippen molar-refractivity contribution in [3.63, 3.8) is 0 Å². The van der Waals surface area contributed by atoms with Gasteiger partial charge >= 0.3 is 0 Å². The van der Waals surface area contributed by atoms with E-state index in [1.807, 2.05) is 26.0 Å². The lowest BCUT2D eigenvalue weighted by atomic mass is 10.2. The molecule has 2 N–H and O–H groups in total. The summed E-state index contributed by atoms with van der Waals surface area (Å²) < 4.78 is 0. The van der Waals surface area contributed by atoms with Crippen LogP contribution in [0.1, 0.15) is 18.2 Å². The molecule has 1 aromatic heterocycles. The predicted octanol–water partition coefficient (Wildman–Crippen LogP) is 2.05. The highest BCUT2D eigenvalue weighted by Crippen LogP contribution is 2.18. The van der Waals surface area contributed by atoms with Crippen LogP contribution in [0.25, 0.3) is 6.08 Å². The van der Waals surface area contributed by atoms with Gasteiger partial charge in [-0.05, 0) is 13.8 Å². The van der Waals surface area contributed by atoms with Crippen molar-refractivity contribution in [2.24, 2.45) is 0 Å². The SMILES string of the molecule is C/C=C/c1c(C)nc(N)nc1Cl. The molecule has 0 amide bonds. The van der Waals surface area contributed by atoms with E-state index in [4.69, 9.17) is 17.3 Å². The quantitative estimate of drug-likeness (QED) is 0.678. The van der Waals surface area contributed by atoms with Gasteiger partial charge in [0, 0.05) is 5.56 Å². The molecule has 0 aliphatic carbocycles. The number of nitrogen functional groups attached to an aromatic ring is 1. The monoisotopic (exact) mass is 183 g/mol. The molecule has 0 aliphatic rings. The third-order valence-electron chi connectivity index (χ3n) is 1.44. The molecule has 64 valence electrons. The normalized spacial score (nSPS) is 10.9. The zero-order valence-electron chi connectivity index (χ0n) is 7.00. The molecule has 0 bridgehead atoms. The van der Waals surface area contributed by atoms with Crippen LogP contribution in [0.3, 0.4) is 0 Å². The molecule has 0 fully saturated rings. The van der Waals surface area contributed by atoms with Gasteiger partial charge in [-0.1, -0.05) is 23.8 Å². The predicted molar refractivity (Wildman–Crippen MR) is 50.9 cm³/mol. The summed E-state index contributed by atoms with van der Waals surface area (Å²) in [6.45, 7) is 3.76. The number of aromatic nitrogens is 2. The Balaban J connectivity index is 3.28. The van der Waals surface area contributed by atoms with E-state index in [-0.39, 0.29) is 5.95 Å². The Labute approximate surface area is 76.3 Å². The van der Waals surface area contributed by atoms with Gasteiger partial charge in [0.2, 0.25) is 5.95 Å². The van der Waals surface area contributed by atoms with Crippen LogP contribution in [-0.2, 0) is 0 Å². The van der Waals surface area contributed by atoms with Gasteiger partial charge in [0.25, 0.3) is 0 Å². The van der Waals surface area contributed by atoms with Crippen LogP contribution in [0, 0.1) is 6.92 Å². The topological polar surface area (TPSA) is 51.8 Å². The Hall–Kier alpha value is -1.09. The van der Waals surface area contributed by atoms with E-state index in [1.54, 1.807) is 0 Å². The molecule has 0 radical (unpaired) electrons. The highest BCUT2D eigenvalue weighted by Gasteiger charge is 2.04. The molecular formula is C8H10ClN3. The summed E-state index contributed by atoms with van der Waals surface area (Å²) >= 11 is 5.83. The third kappa shape index (κ3) is 1.74. The molecule has 0 aliphatic heterocycles. The summed E-state index contributed by atoms with van der Waals surface area (Å²) in [4.78, 5) is 7.82. The second-order valence-corrected chi connectivity index (χ2v) is 2.73. The number of hydrogen-bond acceptors (Lipinski definition) is 3. The fraction of sp³-hybridized carbons (Fsp3) is 0.250. The highest BCUT2D eigenvalue weighted by atomic mass is 35.5. The first-order chi connectivity index (χ1) is 5.65. The van der Waals surface area contributed by atoms with Crippen LogP contribution >= 0.6 is 11.6 Å². The van der Waals surface area contributed by atoms with Crippen molar-refractivity contribution in [3.8, 4) is 0 Å². The van der Waals surface area contributed by atoms with Crippen molar-refractivity contribution in [1.82, 2.24) is 9.97 Å². The number of nitrogens with zero attached hydrogens (tertiary/aromatic N) is 2. The van der Waals surface area contributed by atoms with Gasteiger partial charge < -0.3 is 5.73 Å². The van der Waals surface area contributed by atoms with Gasteiger partial charge in [0.15, 0.2) is 0 Å². The summed E-state index contributed by atoms with van der Waals surface area (Å²) in [7, 11) is 0. The van der Waals surface area contributed by atoms with Crippen molar-refractivity contribution in [2.75, 3.05) is 5.73 Å². The summed E-state index contributed by atoms with van der Waals surface area (Å²) in [5.74, 6) is 0.214. The molecule has 0 unspecified atom stereocenters. The van der Waals surface area contributed by atoms with Crippen LogP contribution in [0.5, 0.6) is 0 Å². The van der Waals surface area contributed by atoms with E-state index in [1.165, 1.54) is 0 Å². The van der Waals surface area contributed by atoms with Crippen LogP contribution in [0.15, 0.2) is 6.08 Å².